The van der Waals surface area contributed by atoms with E-state index >= 15 is 0 Å². The highest BCUT2D eigenvalue weighted by molar-refractivity contribution is 6.05. The molecule has 2 N–H and O–H groups in total. The van der Waals surface area contributed by atoms with Crippen LogP contribution in [0.5, 0.6) is 5.75 Å². The summed E-state index contributed by atoms with van der Waals surface area (Å²) in [5.74, 6) is 0.109. The number of hydrogen-bond acceptors (Lipinski definition) is 5. The number of benzene rings is 1. The summed E-state index contributed by atoms with van der Waals surface area (Å²) in [6, 6.07) is 4.86. The van der Waals surface area contributed by atoms with Crippen LogP contribution in [0.3, 0.4) is 0 Å². The van der Waals surface area contributed by atoms with Gasteiger partial charge < -0.3 is 25.0 Å². The second-order valence-electron chi connectivity index (χ2n) is 7.04. The van der Waals surface area contributed by atoms with Crippen molar-refractivity contribution < 1.29 is 23.9 Å². The monoisotopic (exact) mass is 347 g/mol. The first-order valence-electron chi connectivity index (χ1n) is 8.08. The number of nitrogens with zero attached hydrogens (tertiary/aromatic N) is 1. The van der Waals surface area contributed by atoms with Crippen molar-refractivity contribution in [3.8, 4) is 5.75 Å². The third kappa shape index (κ3) is 3.84. The summed E-state index contributed by atoms with van der Waals surface area (Å²) in [5, 5.41) is 5.45. The van der Waals surface area contributed by atoms with Gasteiger partial charge in [-0.2, -0.15) is 0 Å². The Kier molecular flexibility index (Phi) is 4.28. The molecule has 0 saturated carbocycles. The highest BCUT2D eigenvalue weighted by Crippen LogP contribution is 2.38. The molecule has 8 heteroatoms. The molecule has 3 amide bonds. The zero-order valence-electron chi connectivity index (χ0n) is 14.4. The average molecular weight is 347 g/mol. The first-order chi connectivity index (χ1) is 11.7. The quantitative estimate of drug-likeness (QED) is 0.848. The van der Waals surface area contributed by atoms with Crippen LogP contribution in [0.15, 0.2) is 18.2 Å². The Morgan fingerprint density at radius 2 is 2.12 bits per heavy atom. The predicted molar refractivity (Wildman–Crippen MR) is 90.7 cm³/mol. The molecule has 0 aromatic heterocycles. The van der Waals surface area contributed by atoms with E-state index in [0.29, 0.717) is 23.7 Å². The normalized spacial score (nSPS) is 19.8. The molecular formula is C17H21N3O5. The van der Waals surface area contributed by atoms with Gasteiger partial charge in [-0.15, -0.1) is 0 Å². The first-order valence-corrected chi connectivity index (χ1v) is 8.08. The molecule has 0 spiro atoms. The number of nitrogens with one attached hydrogen (secondary N) is 2. The average Bonchev–Trinajstić information content (AvgIpc) is 2.84. The van der Waals surface area contributed by atoms with Crippen molar-refractivity contribution in [2.75, 3.05) is 23.4 Å². The number of ether oxygens (including phenoxy) is 2. The Balaban J connectivity index is 1.74. The van der Waals surface area contributed by atoms with Crippen molar-refractivity contribution in [2.45, 2.75) is 38.8 Å². The molecule has 2 aliphatic rings. The zero-order chi connectivity index (χ0) is 18.2. The summed E-state index contributed by atoms with van der Waals surface area (Å²) in [6.07, 6.45) is -0.392. The van der Waals surface area contributed by atoms with Crippen LogP contribution in [0.4, 0.5) is 16.2 Å². The maximum absolute atomic E-state index is 12.4. The number of fused-ring (bicyclic) bond motifs is 1. The van der Waals surface area contributed by atoms with Crippen molar-refractivity contribution in [3.05, 3.63) is 18.2 Å². The van der Waals surface area contributed by atoms with Crippen molar-refractivity contribution in [3.63, 3.8) is 0 Å². The zero-order valence-corrected chi connectivity index (χ0v) is 14.4. The van der Waals surface area contributed by atoms with E-state index in [1.165, 1.54) is 4.90 Å². The van der Waals surface area contributed by atoms with Gasteiger partial charge in [0.2, 0.25) is 5.91 Å². The molecule has 134 valence electrons. The Labute approximate surface area is 145 Å². The van der Waals surface area contributed by atoms with E-state index in [4.69, 9.17) is 9.47 Å². The SMILES string of the molecule is CC(C)(C)OC(=O)NC1CC(=O)N(c2cccc3c2NC(=O)CO3)C1. The minimum Gasteiger partial charge on any atom is -0.481 e. The van der Waals surface area contributed by atoms with Crippen molar-refractivity contribution in [1.82, 2.24) is 5.32 Å². The van der Waals surface area contributed by atoms with Crippen LogP contribution in [0, 0.1) is 0 Å². The van der Waals surface area contributed by atoms with Crippen LogP contribution in [-0.2, 0) is 14.3 Å². The number of carbonyl (C=O) groups is 3. The van der Waals surface area contributed by atoms with E-state index in [2.05, 4.69) is 10.6 Å². The van der Waals surface area contributed by atoms with Gasteiger partial charge in [-0.05, 0) is 32.9 Å². The van der Waals surface area contributed by atoms with E-state index < -0.39 is 11.7 Å². The second-order valence-corrected chi connectivity index (χ2v) is 7.04. The number of carbonyl (C=O) groups excluding carboxylic acids is 3. The minimum absolute atomic E-state index is 0.0484. The van der Waals surface area contributed by atoms with Gasteiger partial charge in [0, 0.05) is 13.0 Å². The van der Waals surface area contributed by atoms with Gasteiger partial charge in [-0.3, -0.25) is 9.59 Å². The lowest BCUT2D eigenvalue weighted by molar-refractivity contribution is -0.119. The Morgan fingerprint density at radius 1 is 1.36 bits per heavy atom. The second kappa shape index (κ2) is 6.27. The maximum atomic E-state index is 12.4. The molecule has 0 bridgehead atoms. The summed E-state index contributed by atoms with van der Waals surface area (Å²) in [6.45, 7) is 5.57. The number of para-hydroxylation sites is 1. The molecular weight excluding hydrogens is 326 g/mol. The van der Waals surface area contributed by atoms with Gasteiger partial charge in [-0.1, -0.05) is 6.07 Å². The lowest BCUT2D eigenvalue weighted by Crippen LogP contribution is -2.40. The van der Waals surface area contributed by atoms with Gasteiger partial charge >= 0.3 is 6.09 Å². The molecule has 3 rings (SSSR count). The summed E-state index contributed by atoms with van der Waals surface area (Å²) >= 11 is 0. The van der Waals surface area contributed by atoms with E-state index in [1.54, 1.807) is 39.0 Å². The molecule has 1 unspecified atom stereocenters. The molecule has 2 aliphatic heterocycles. The van der Waals surface area contributed by atoms with Crippen molar-refractivity contribution >= 4 is 29.3 Å². The van der Waals surface area contributed by atoms with E-state index in [-0.39, 0.29) is 30.9 Å². The van der Waals surface area contributed by atoms with Gasteiger partial charge in [0.05, 0.1) is 11.7 Å². The summed E-state index contributed by atoms with van der Waals surface area (Å²) < 4.78 is 10.6. The fourth-order valence-corrected chi connectivity index (χ4v) is 2.82. The summed E-state index contributed by atoms with van der Waals surface area (Å²) in [7, 11) is 0. The van der Waals surface area contributed by atoms with Crippen molar-refractivity contribution in [1.29, 1.82) is 0 Å². The summed E-state index contributed by atoms with van der Waals surface area (Å²) in [4.78, 5) is 37.4. The van der Waals surface area contributed by atoms with Crippen LogP contribution in [0.1, 0.15) is 27.2 Å². The molecule has 2 heterocycles. The molecule has 8 nitrogen and oxygen atoms in total. The standard InChI is InChI=1S/C17H21N3O5/c1-17(2,3)25-16(23)18-10-7-14(22)20(8-10)11-5-4-6-12-15(11)19-13(21)9-24-12/h4-6,10H,7-9H2,1-3H3,(H,18,23)(H,19,21). The third-order valence-corrected chi connectivity index (χ3v) is 3.76. The molecule has 0 radical (unpaired) electrons. The molecule has 0 aliphatic carbocycles. The van der Waals surface area contributed by atoms with Gasteiger partial charge in [0.25, 0.3) is 5.91 Å². The van der Waals surface area contributed by atoms with E-state index in [0.717, 1.165) is 0 Å². The first kappa shape index (κ1) is 17.1. The minimum atomic E-state index is -0.605. The van der Waals surface area contributed by atoms with Crippen LogP contribution in [-0.4, -0.2) is 42.7 Å². The number of alkyl carbamates (subject to hydrolysis) is 1. The van der Waals surface area contributed by atoms with Crippen LogP contribution in [0.2, 0.25) is 0 Å². The number of rotatable bonds is 2. The smallest absolute Gasteiger partial charge is 0.407 e. The Hall–Kier alpha value is -2.77. The molecule has 1 fully saturated rings. The number of hydrogen-bond donors (Lipinski definition) is 2. The lowest BCUT2D eigenvalue weighted by atomic mass is 10.2. The van der Waals surface area contributed by atoms with Gasteiger partial charge in [-0.25, -0.2) is 4.79 Å². The molecule has 1 saturated heterocycles. The highest BCUT2D eigenvalue weighted by atomic mass is 16.6. The molecule has 25 heavy (non-hydrogen) atoms. The van der Waals surface area contributed by atoms with Crippen LogP contribution in [0.25, 0.3) is 0 Å². The fourth-order valence-electron chi connectivity index (χ4n) is 2.82. The van der Waals surface area contributed by atoms with Crippen molar-refractivity contribution in [2.24, 2.45) is 0 Å². The molecule has 1 aromatic carbocycles. The lowest BCUT2D eigenvalue weighted by Gasteiger charge is -2.25. The third-order valence-electron chi connectivity index (χ3n) is 3.76. The maximum Gasteiger partial charge on any atom is 0.407 e. The largest absolute Gasteiger partial charge is 0.481 e. The van der Waals surface area contributed by atoms with E-state index in [9.17, 15) is 14.4 Å². The molecule has 1 aromatic rings. The van der Waals surface area contributed by atoms with Gasteiger partial charge in [0.1, 0.15) is 17.0 Å². The highest BCUT2D eigenvalue weighted by Gasteiger charge is 2.35. The Bertz CT molecular complexity index is 725. The topological polar surface area (TPSA) is 97.0 Å². The molecule has 1 atom stereocenters. The predicted octanol–water partition coefficient (Wildman–Crippen LogP) is 1.65. The number of anilines is 2. The number of amides is 3. The Morgan fingerprint density at radius 3 is 2.84 bits per heavy atom. The fraction of sp³-hybridized carbons (Fsp3) is 0.471. The van der Waals surface area contributed by atoms with Crippen LogP contribution < -0.4 is 20.3 Å². The van der Waals surface area contributed by atoms with Gasteiger partial charge in [0.15, 0.2) is 6.61 Å². The van der Waals surface area contributed by atoms with Crippen LogP contribution >= 0.6 is 0 Å². The van der Waals surface area contributed by atoms with E-state index in [1.807, 2.05) is 0 Å². The summed E-state index contributed by atoms with van der Waals surface area (Å²) in [5.41, 5.74) is 0.432.